The number of hydrogen-bond donors (Lipinski definition) is 1. The standard InChI is InChI=1S/C21H25F4N3O2/c22-18-7-16(21(23,24)25)2-1-13(18)8-27-9-14-11-28(12-15(14)10-27)20(30)6-4-17-3-5-19(29)26-17/h1-2,7,14-15,17H,3-6,8-12H2,(H,26,29). The Morgan fingerprint density at radius 1 is 1.13 bits per heavy atom. The topological polar surface area (TPSA) is 52.7 Å². The van der Waals surface area contributed by atoms with Gasteiger partial charge in [-0.05, 0) is 36.8 Å². The van der Waals surface area contributed by atoms with Gasteiger partial charge in [0.05, 0.1) is 5.56 Å². The van der Waals surface area contributed by atoms with E-state index in [-0.39, 0.29) is 30.0 Å². The van der Waals surface area contributed by atoms with Gasteiger partial charge in [-0.25, -0.2) is 4.39 Å². The van der Waals surface area contributed by atoms with Crippen molar-refractivity contribution >= 4 is 11.8 Å². The Hall–Kier alpha value is -2.16. The number of amides is 2. The summed E-state index contributed by atoms with van der Waals surface area (Å²) in [6, 6.07) is 2.78. The Kier molecular flexibility index (Phi) is 5.74. The van der Waals surface area contributed by atoms with E-state index in [1.807, 2.05) is 4.90 Å². The number of nitrogens with one attached hydrogen (secondary N) is 1. The van der Waals surface area contributed by atoms with Gasteiger partial charge in [0.1, 0.15) is 5.82 Å². The molecule has 2 amide bonds. The molecule has 3 saturated heterocycles. The fourth-order valence-electron chi connectivity index (χ4n) is 4.87. The number of alkyl halides is 3. The van der Waals surface area contributed by atoms with Crippen molar-refractivity contribution in [1.82, 2.24) is 15.1 Å². The lowest BCUT2D eigenvalue weighted by Gasteiger charge is -2.22. The lowest BCUT2D eigenvalue weighted by atomic mass is 10.0. The highest BCUT2D eigenvalue weighted by molar-refractivity contribution is 5.79. The molecular formula is C21H25F4N3O2. The molecule has 3 aliphatic heterocycles. The zero-order valence-electron chi connectivity index (χ0n) is 16.6. The number of rotatable bonds is 5. The maximum Gasteiger partial charge on any atom is 0.416 e. The molecule has 0 spiro atoms. The van der Waals surface area contributed by atoms with Crippen LogP contribution in [0.3, 0.4) is 0 Å². The van der Waals surface area contributed by atoms with Crippen molar-refractivity contribution in [3.05, 3.63) is 35.1 Å². The van der Waals surface area contributed by atoms with E-state index in [1.54, 1.807) is 0 Å². The lowest BCUT2D eigenvalue weighted by Crippen LogP contribution is -2.34. The van der Waals surface area contributed by atoms with Gasteiger partial charge >= 0.3 is 6.18 Å². The SMILES string of the molecule is O=C1CCC(CCC(=O)N2CC3CN(Cc4ccc(C(F)(F)F)cc4F)CC3C2)N1. The van der Waals surface area contributed by atoms with Crippen molar-refractivity contribution in [2.24, 2.45) is 11.8 Å². The number of fused-ring (bicyclic) bond motifs is 1. The van der Waals surface area contributed by atoms with Crippen molar-refractivity contribution in [3.8, 4) is 0 Å². The van der Waals surface area contributed by atoms with Crippen molar-refractivity contribution in [1.29, 1.82) is 0 Å². The quantitative estimate of drug-likeness (QED) is 0.736. The molecule has 9 heteroatoms. The van der Waals surface area contributed by atoms with E-state index < -0.39 is 17.6 Å². The maximum atomic E-state index is 14.1. The van der Waals surface area contributed by atoms with E-state index in [2.05, 4.69) is 10.2 Å². The summed E-state index contributed by atoms with van der Waals surface area (Å²) in [5.74, 6) is -0.0772. The number of likely N-dealkylation sites (tertiary alicyclic amines) is 2. The van der Waals surface area contributed by atoms with Gasteiger partial charge in [-0.1, -0.05) is 6.07 Å². The molecule has 0 bridgehead atoms. The Balaban J connectivity index is 1.25. The summed E-state index contributed by atoms with van der Waals surface area (Å²) >= 11 is 0. The molecule has 0 saturated carbocycles. The molecular weight excluding hydrogens is 402 g/mol. The molecule has 3 heterocycles. The number of nitrogens with zero attached hydrogens (tertiary/aromatic N) is 2. The number of hydrogen-bond acceptors (Lipinski definition) is 3. The van der Waals surface area contributed by atoms with Crippen LogP contribution in [0.15, 0.2) is 18.2 Å². The van der Waals surface area contributed by atoms with Crippen molar-refractivity contribution < 1.29 is 27.2 Å². The first-order valence-corrected chi connectivity index (χ1v) is 10.3. The highest BCUT2D eigenvalue weighted by Crippen LogP contribution is 2.34. The van der Waals surface area contributed by atoms with Crippen LogP contribution in [-0.4, -0.2) is 53.8 Å². The van der Waals surface area contributed by atoms with Crippen LogP contribution < -0.4 is 5.32 Å². The number of carbonyl (C=O) groups is 2. The summed E-state index contributed by atoms with van der Waals surface area (Å²) in [6.45, 7) is 2.99. The summed E-state index contributed by atoms with van der Waals surface area (Å²) in [5, 5.41) is 2.88. The summed E-state index contributed by atoms with van der Waals surface area (Å²) in [4.78, 5) is 27.7. The third-order valence-electron chi connectivity index (χ3n) is 6.48. The van der Waals surface area contributed by atoms with E-state index in [9.17, 15) is 27.2 Å². The third-order valence-corrected chi connectivity index (χ3v) is 6.48. The van der Waals surface area contributed by atoms with Crippen LogP contribution in [0.1, 0.15) is 36.8 Å². The second kappa shape index (κ2) is 8.17. The maximum absolute atomic E-state index is 14.1. The largest absolute Gasteiger partial charge is 0.416 e. The molecule has 164 valence electrons. The van der Waals surface area contributed by atoms with Gasteiger partial charge in [0.25, 0.3) is 0 Å². The van der Waals surface area contributed by atoms with E-state index in [0.717, 1.165) is 12.5 Å². The van der Waals surface area contributed by atoms with Gasteiger partial charge in [0, 0.05) is 57.2 Å². The smallest absolute Gasteiger partial charge is 0.353 e. The molecule has 4 rings (SSSR count). The van der Waals surface area contributed by atoms with E-state index in [4.69, 9.17) is 0 Å². The molecule has 0 aliphatic carbocycles. The van der Waals surface area contributed by atoms with Gasteiger partial charge in [0.2, 0.25) is 11.8 Å². The van der Waals surface area contributed by atoms with E-state index in [0.29, 0.717) is 63.3 Å². The molecule has 1 aromatic carbocycles. The molecule has 3 fully saturated rings. The molecule has 3 aliphatic rings. The summed E-state index contributed by atoms with van der Waals surface area (Å²) in [7, 11) is 0. The molecule has 30 heavy (non-hydrogen) atoms. The second-order valence-electron chi connectivity index (χ2n) is 8.66. The van der Waals surface area contributed by atoms with Crippen LogP contribution in [0.5, 0.6) is 0 Å². The van der Waals surface area contributed by atoms with E-state index >= 15 is 0 Å². The Morgan fingerprint density at radius 3 is 2.40 bits per heavy atom. The third kappa shape index (κ3) is 4.61. The first kappa shape index (κ1) is 21.1. The Bertz CT molecular complexity index is 815. The lowest BCUT2D eigenvalue weighted by molar-refractivity contribution is -0.137. The number of carbonyl (C=O) groups excluding carboxylic acids is 2. The monoisotopic (exact) mass is 427 g/mol. The average Bonchev–Trinajstić information content (AvgIpc) is 3.35. The minimum Gasteiger partial charge on any atom is -0.353 e. The first-order valence-electron chi connectivity index (χ1n) is 10.3. The van der Waals surface area contributed by atoms with Gasteiger partial charge in [-0.2, -0.15) is 13.2 Å². The van der Waals surface area contributed by atoms with Crippen molar-refractivity contribution in [2.45, 2.75) is 44.4 Å². The zero-order valence-corrected chi connectivity index (χ0v) is 16.6. The minimum absolute atomic E-state index is 0.0488. The molecule has 0 aromatic heterocycles. The highest BCUT2D eigenvalue weighted by Gasteiger charge is 2.41. The van der Waals surface area contributed by atoms with Crippen LogP contribution in [0.2, 0.25) is 0 Å². The van der Waals surface area contributed by atoms with E-state index in [1.165, 1.54) is 6.07 Å². The molecule has 1 N–H and O–H groups in total. The average molecular weight is 427 g/mol. The normalized spacial score (nSPS) is 26.9. The van der Waals surface area contributed by atoms with Crippen LogP contribution in [0.25, 0.3) is 0 Å². The summed E-state index contributed by atoms with van der Waals surface area (Å²) in [5.41, 5.74) is -0.720. The molecule has 3 unspecified atom stereocenters. The first-order chi connectivity index (χ1) is 14.2. The van der Waals surface area contributed by atoms with Crippen LogP contribution >= 0.6 is 0 Å². The summed E-state index contributed by atoms with van der Waals surface area (Å²) < 4.78 is 52.2. The molecule has 5 nitrogen and oxygen atoms in total. The number of benzene rings is 1. The van der Waals surface area contributed by atoms with Crippen LogP contribution in [0.4, 0.5) is 17.6 Å². The number of halogens is 4. The second-order valence-corrected chi connectivity index (χ2v) is 8.66. The van der Waals surface area contributed by atoms with Crippen molar-refractivity contribution in [3.63, 3.8) is 0 Å². The summed E-state index contributed by atoms with van der Waals surface area (Å²) in [6.07, 6.45) is -2.15. The van der Waals surface area contributed by atoms with Gasteiger partial charge in [-0.3, -0.25) is 14.5 Å². The van der Waals surface area contributed by atoms with Crippen LogP contribution in [-0.2, 0) is 22.3 Å². The Morgan fingerprint density at radius 2 is 1.83 bits per heavy atom. The fourth-order valence-corrected chi connectivity index (χ4v) is 4.87. The predicted molar refractivity (Wildman–Crippen MR) is 101 cm³/mol. The van der Waals surface area contributed by atoms with Gasteiger partial charge in [-0.15, -0.1) is 0 Å². The molecule has 3 atom stereocenters. The minimum atomic E-state index is -4.55. The predicted octanol–water partition coefficient (Wildman–Crippen LogP) is 2.79. The van der Waals surface area contributed by atoms with Gasteiger partial charge < -0.3 is 10.2 Å². The Labute approximate surface area is 172 Å². The van der Waals surface area contributed by atoms with Crippen molar-refractivity contribution in [2.75, 3.05) is 26.2 Å². The van der Waals surface area contributed by atoms with Gasteiger partial charge in [0.15, 0.2) is 0 Å². The molecule has 0 radical (unpaired) electrons. The fraction of sp³-hybridized carbons (Fsp3) is 0.619. The zero-order chi connectivity index (χ0) is 21.5. The molecule has 1 aromatic rings. The van der Waals surface area contributed by atoms with Crippen LogP contribution in [0, 0.1) is 17.7 Å². The highest BCUT2D eigenvalue weighted by atomic mass is 19.4.